The van der Waals surface area contributed by atoms with Gasteiger partial charge in [0.05, 0.1) is 83.6 Å². The number of nitrogens with zero attached hydrogens (tertiary/aromatic N) is 4. The Labute approximate surface area is 503 Å². The SMILES string of the molecule is CC1=CC(Cc2ccccc2F)C(=O)c2c1c1sc(C)cc1n2C.CCOC(=O)c1c(C(C)=O)c2sc(C)cc2n1C.CCOC(=O)c1c(C(C)O)c2sc(C)cc2n1C.CCOC(=O)c1c(C=O)c2sc(C)cc2n1C.[CH3-].[Cl-].[Mg+2]. The van der Waals surface area contributed by atoms with Crippen molar-refractivity contribution in [1.29, 1.82) is 0 Å². The molecule has 8 aromatic heterocycles. The predicted molar refractivity (Wildman–Crippen MR) is 320 cm³/mol. The van der Waals surface area contributed by atoms with Crippen LogP contribution < -0.4 is 12.4 Å². The van der Waals surface area contributed by atoms with Crippen LogP contribution in [0.25, 0.3) is 46.4 Å². The van der Waals surface area contributed by atoms with Gasteiger partial charge in [-0.15, -0.1) is 45.3 Å². The van der Waals surface area contributed by atoms with Gasteiger partial charge >= 0.3 is 41.0 Å². The minimum atomic E-state index is -0.689. The van der Waals surface area contributed by atoms with Crippen LogP contribution in [0.1, 0.15) is 147 Å². The van der Waals surface area contributed by atoms with Gasteiger partial charge in [0.25, 0.3) is 0 Å². The first-order valence-electron chi connectivity index (χ1n) is 25.0. The Bertz CT molecular complexity index is 3820. The quantitative estimate of drug-likeness (QED) is 0.0328. The van der Waals surface area contributed by atoms with Crippen molar-refractivity contribution >= 4 is 151 Å². The van der Waals surface area contributed by atoms with Crippen LogP contribution in [0, 0.1) is 46.9 Å². The standard InChI is InChI=1S/C20H18FNOS.C13H17NO3S.C13H15NO3S.C12H13NO3S.CH3.ClH.Mg/c1-11-8-14(10-13-6-4-5-7-15(13)21)19(23)18-17(11)20-16(22(18)3)9-12(2)24-20;2*1-5-17-13(16)11-10(8(3)15)12-9(14(11)4)6-7(2)18-12;1-4-16-12(15)10-8(6-14)11-9(13(10)3)5-7(2)17-11;;;/h4-9,14H,10H2,1-3H3;6,8,15H,5H2,1-4H3;6H,5H2,1-4H3;5-6H,4H2,1-3H3;1H3;1H;/q;;;;-1;;+2/p-1. The Kier molecular flexibility index (Phi) is 23.2. The number of aliphatic hydroxyl groups excluding tert-OH is 1. The van der Waals surface area contributed by atoms with Crippen LogP contribution in [0.4, 0.5) is 4.39 Å². The number of aromatic nitrogens is 4. The van der Waals surface area contributed by atoms with Gasteiger partial charge < -0.3 is 57.4 Å². The van der Waals surface area contributed by atoms with Crippen molar-refractivity contribution < 1.29 is 64.9 Å². The average Bonchev–Trinajstić information content (AvgIpc) is 4.26. The van der Waals surface area contributed by atoms with Gasteiger partial charge in [0.1, 0.15) is 22.9 Å². The third-order valence-electron chi connectivity index (χ3n) is 13.2. The van der Waals surface area contributed by atoms with Gasteiger partial charge in [-0.05, 0) is 117 Å². The number of aliphatic hydroxyl groups is 1. The molecule has 2 atom stereocenters. The van der Waals surface area contributed by atoms with E-state index in [-0.39, 0.29) is 72.2 Å². The van der Waals surface area contributed by atoms with E-state index in [0.717, 1.165) is 73.9 Å². The number of carbonyl (C=O) groups excluding carboxylic acids is 6. The van der Waals surface area contributed by atoms with E-state index in [4.69, 9.17) is 14.2 Å². The molecule has 1 aromatic carbocycles. The maximum atomic E-state index is 14.0. The fraction of sp³-hybridized carbons (Fsp3) is 0.339. The van der Waals surface area contributed by atoms with Crippen molar-refractivity contribution in [2.75, 3.05) is 19.8 Å². The molecule has 422 valence electrons. The molecule has 14 nitrogen and oxygen atoms in total. The maximum Gasteiger partial charge on any atom is 2.00 e. The van der Waals surface area contributed by atoms with Gasteiger partial charge in [-0.1, -0.05) is 24.3 Å². The maximum absolute atomic E-state index is 14.0. The van der Waals surface area contributed by atoms with Crippen LogP contribution in [0.5, 0.6) is 0 Å². The molecule has 21 heteroatoms. The number of fused-ring (bicyclic) bond motifs is 6. The van der Waals surface area contributed by atoms with E-state index >= 15 is 0 Å². The Hall–Kier alpha value is -5.71. The summed E-state index contributed by atoms with van der Waals surface area (Å²) in [6.45, 7) is 19.5. The number of hydrogen-bond donors (Lipinski definition) is 1. The Balaban J connectivity index is 0.000000229. The molecule has 8 heterocycles. The molecular formula is C59H66ClFMgN4O10S4. The van der Waals surface area contributed by atoms with Crippen LogP contribution >= 0.6 is 45.3 Å². The van der Waals surface area contributed by atoms with Crippen LogP contribution in [0.2, 0.25) is 0 Å². The molecule has 0 aliphatic heterocycles. The van der Waals surface area contributed by atoms with E-state index in [9.17, 15) is 38.3 Å². The van der Waals surface area contributed by atoms with Crippen LogP contribution in [-0.2, 0) is 48.8 Å². The summed E-state index contributed by atoms with van der Waals surface area (Å²) in [6.07, 6.45) is 2.45. The summed E-state index contributed by atoms with van der Waals surface area (Å²) in [5, 5.41) is 9.93. The molecule has 0 bridgehead atoms. The van der Waals surface area contributed by atoms with E-state index in [1.54, 1.807) is 90.3 Å². The van der Waals surface area contributed by atoms with Gasteiger partial charge in [-0.3, -0.25) is 14.4 Å². The second kappa shape index (κ2) is 27.8. The van der Waals surface area contributed by atoms with Gasteiger partial charge in [-0.2, -0.15) is 0 Å². The van der Waals surface area contributed by atoms with Gasteiger partial charge in [0, 0.05) is 64.7 Å². The Morgan fingerprint density at radius 3 is 1.60 bits per heavy atom. The van der Waals surface area contributed by atoms with Crippen molar-refractivity contribution in [1.82, 2.24) is 18.3 Å². The minimum absolute atomic E-state index is 0. The summed E-state index contributed by atoms with van der Waals surface area (Å²) < 4.78 is 40.2. The van der Waals surface area contributed by atoms with Gasteiger partial charge in [0.2, 0.25) is 0 Å². The molecule has 0 saturated carbocycles. The van der Waals surface area contributed by atoms with Crippen molar-refractivity contribution in [3.63, 3.8) is 0 Å². The van der Waals surface area contributed by atoms with Crippen molar-refractivity contribution in [3.05, 3.63) is 138 Å². The number of allylic oxidation sites excluding steroid dienone is 2. The first kappa shape index (κ1) is 66.8. The van der Waals surface area contributed by atoms with Crippen LogP contribution in [-0.4, -0.2) is 102 Å². The third kappa shape index (κ3) is 13.0. The molecule has 1 aliphatic rings. The third-order valence-corrected chi connectivity index (χ3v) is 17.4. The summed E-state index contributed by atoms with van der Waals surface area (Å²) in [5.74, 6) is -1.84. The van der Waals surface area contributed by atoms with Crippen LogP contribution in [0.3, 0.4) is 0 Å². The number of benzene rings is 1. The van der Waals surface area contributed by atoms with Gasteiger partial charge in [-0.25, -0.2) is 18.8 Å². The monoisotopic (exact) mass is 1200 g/mol. The van der Waals surface area contributed by atoms with E-state index in [0.29, 0.717) is 65.6 Å². The number of rotatable bonds is 11. The zero-order valence-electron chi connectivity index (χ0n) is 47.8. The summed E-state index contributed by atoms with van der Waals surface area (Å²) >= 11 is 6.36. The van der Waals surface area contributed by atoms with Crippen molar-refractivity contribution in [2.24, 2.45) is 34.1 Å². The fourth-order valence-electron chi connectivity index (χ4n) is 9.85. The Morgan fingerprint density at radius 1 is 0.675 bits per heavy atom. The number of aryl methyl sites for hydroxylation is 8. The van der Waals surface area contributed by atoms with E-state index in [2.05, 4.69) is 13.0 Å². The molecule has 0 fully saturated rings. The number of esters is 3. The first-order valence-corrected chi connectivity index (χ1v) is 28.2. The predicted octanol–water partition coefficient (Wildman–Crippen LogP) is 10.5. The summed E-state index contributed by atoms with van der Waals surface area (Å²) in [6, 6.07) is 14.8. The summed E-state index contributed by atoms with van der Waals surface area (Å²) in [5.41, 5.74) is 10.1. The molecule has 80 heavy (non-hydrogen) atoms. The number of aldehydes is 1. The molecule has 1 N–H and O–H groups in total. The van der Waals surface area contributed by atoms with E-state index in [1.165, 1.54) is 45.2 Å². The van der Waals surface area contributed by atoms with Crippen molar-refractivity contribution in [3.8, 4) is 0 Å². The number of Topliss-reactive ketones (excluding diaryl/α,β-unsaturated/α-hetero) is 2. The van der Waals surface area contributed by atoms with Crippen molar-refractivity contribution in [2.45, 2.75) is 81.8 Å². The minimum Gasteiger partial charge on any atom is -1.00 e. The molecule has 0 amide bonds. The second-order valence-corrected chi connectivity index (χ2v) is 23.6. The zero-order valence-corrected chi connectivity index (χ0v) is 53.2. The number of ketones is 2. The molecule has 2 unspecified atom stereocenters. The molecule has 0 saturated heterocycles. The van der Waals surface area contributed by atoms with E-state index < -0.39 is 18.0 Å². The zero-order chi connectivity index (χ0) is 56.5. The normalized spacial score (nSPS) is 12.8. The van der Waals surface area contributed by atoms with Crippen LogP contribution in [0.15, 0.2) is 54.6 Å². The number of hydrogen-bond acceptors (Lipinski definition) is 14. The average molecular weight is 1200 g/mol. The largest absolute Gasteiger partial charge is 2.00 e. The summed E-state index contributed by atoms with van der Waals surface area (Å²) in [4.78, 5) is 76.4. The molecule has 0 spiro atoms. The summed E-state index contributed by atoms with van der Waals surface area (Å²) in [7, 11) is 7.33. The number of carbonyl (C=O) groups is 6. The molecule has 9 aromatic rings. The number of thiophene rings is 4. The smallest absolute Gasteiger partial charge is 1.00 e. The molecule has 10 rings (SSSR count). The number of halogens is 2. The topological polar surface area (TPSA) is 170 Å². The number of ether oxygens (including phenoxy) is 3. The first-order chi connectivity index (χ1) is 36.5. The fourth-order valence-corrected chi connectivity index (χ4v) is 14.4. The molecule has 1 aliphatic carbocycles. The Morgan fingerprint density at radius 2 is 1.10 bits per heavy atom. The van der Waals surface area contributed by atoms with E-state index in [1.807, 2.05) is 76.7 Å². The second-order valence-electron chi connectivity index (χ2n) is 18.6. The molecular weight excluding hydrogens is 1130 g/mol. The van der Waals surface area contributed by atoms with Gasteiger partial charge in [0.15, 0.2) is 17.9 Å². The molecule has 0 radical (unpaired) electrons.